The zero-order chi connectivity index (χ0) is 17.6. The Bertz CT molecular complexity index is 873. The Morgan fingerprint density at radius 3 is 2.80 bits per heavy atom. The molecule has 6 heteroatoms. The minimum absolute atomic E-state index is 0.0549. The number of carbonyl (C=O) groups excluding carboxylic acids is 1. The fraction of sp³-hybridized carbons (Fsp3) is 0.263. The Labute approximate surface area is 145 Å². The van der Waals surface area contributed by atoms with Gasteiger partial charge in [-0.05, 0) is 36.2 Å². The maximum atomic E-state index is 11.9. The maximum absolute atomic E-state index is 11.9. The van der Waals surface area contributed by atoms with E-state index in [0.717, 1.165) is 16.7 Å². The Morgan fingerprint density at radius 1 is 1.20 bits per heavy atom. The van der Waals surface area contributed by atoms with Crippen LogP contribution in [0, 0.1) is 6.92 Å². The molecule has 0 bridgehead atoms. The number of ether oxygens (including phenoxy) is 2. The maximum Gasteiger partial charge on any atom is 0.257 e. The van der Waals surface area contributed by atoms with Gasteiger partial charge in [0.2, 0.25) is 0 Å². The standard InChI is InChI=1S/C19H20N2O4/c1-13-21-15-8-7-14(11-18(15)25-13)9-10-20-19(22)12-24-17-6-4-3-5-16(17)23-2/h3-8,11H,9-10,12H2,1-2H3,(H,20,22). The molecule has 0 saturated heterocycles. The van der Waals surface area contributed by atoms with Crippen molar-refractivity contribution in [1.29, 1.82) is 0 Å². The summed E-state index contributed by atoms with van der Waals surface area (Å²) < 4.78 is 16.2. The van der Waals surface area contributed by atoms with E-state index in [0.29, 0.717) is 30.4 Å². The van der Waals surface area contributed by atoms with Gasteiger partial charge in [-0.3, -0.25) is 4.79 Å². The summed E-state index contributed by atoms with van der Waals surface area (Å²) in [5.74, 6) is 1.62. The second-order valence-corrected chi connectivity index (χ2v) is 5.57. The lowest BCUT2D eigenvalue weighted by Gasteiger charge is -2.10. The van der Waals surface area contributed by atoms with Gasteiger partial charge in [-0.15, -0.1) is 0 Å². The minimum Gasteiger partial charge on any atom is -0.493 e. The lowest BCUT2D eigenvalue weighted by atomic mass is 10.1. The number of para-hydroxylation sites is 2. The molecule has 0 fully saturated rings. The van der Waals surface area contributed by atoms with Gasteiger partial charge in [0, 0.05) is 13.5 Å². The molecule has 0 spiro atoms. The summed E-state index contributed by atoms with van der Waals surface area (Å²) in [5.41, 5.74) is 2.69. The van der Waals surface area contributed by atoms with Crippen molar-refractivity contribution >= 4 is 17.0 Å². The molecule has 1 amide bonds. The van der Waals surface area contributed by atoms with Crippen LogP contribution in [0.1, 0.15) is 11.5 Å². The molecule has 0 aliphatic heterocycles. The van der Waals surface area contributed by atoms with Crippen LogP contribution in [0.3, 0.4) is 0 Å². The quantitative estimate of drug-likeness (QED) is 0.716. The van der Waals surface area contributed by atoms with E-state index in [9.17, 15) is 4.79 Å². The van der Waals surface area contributed by atoms with Gasteiger partial charge in [-0.2, -0.15) is 0 Å². The van der Waals surface area contributed by atoms with Crippen molar-refractivity contribution in [2.75, 3.05) is 20.3 Å². The molecule has 3 aromatic rings. The number of nitrogens with one attached hydrogen (secondary N) is 1. The highest BCUT2D eigenvalue weighted by atomic mass is 16.5. The number of fused-ring (bicyclic) bond motifs is 1. The number of oxazole rings is 1. The average molecular weight is 340 g/mol. The van der Waals surface area contributed by atoms with E-state index >= 15 is 0 Å². The van der Waals surface area contributed by atoms with Gasteiger partial charge < -0.3 is 19.2 Å². The number of methoxy groups -OCH3 is 1. The SMILES string of the molecule is COc1ccccc1OCC(=O)NCCc1ccc2nc(C)oc2c1. The van der Waals surface area contributed by atoms with Crippen molar-refractivity contribution < 1.29 is 18.7 Å². The molecule has 0 radical (unpaired) electrons. The molecule has 6 nitrogen and oxygen atoms in total. The van der Waals surface area contributed by atoms with Gasteiger partial charge in [-0.1, -0.05) is 18.2 Å². The van der Waals surface area contributed by atoms with Gasteiger partial charge in [0.25, 0.3) is 5.91 Å². The van der Waals surface area contributed by atoms with Gasteiger partial charge in [0.15, 0.2) is 29.6 Å². The summed E-state index contributed by atoms with van der Waals surface area (Å²) in [5, 5.41) is 2.84. The number of nitrogens with zero attached hydrogens (tertiary/aromatic N) is 1. The number of rotatable bonds is 7. The zero-order valence-corrected chi connectivity index (χ0v) is 14.2. The zero-order valence-electron chi connectivity index (χ0n) is 14.2. The van der Waals surface area contributed by atoms with Crippen LogP contribution >= 0.6 is 0 Å². The summed E-state index contributed by atoms with van der Waals surface area (Å²) in [6.07, 6.45) is 0.704. The van der Waals surface area contributed by atoms with Crippen LogP contribution < -0.4 is 14.8 Å². The van der Waals surface area contributed by atoms with Crippen molar-refractivity contribution in [2.24, 2.45) is 0 Å². The lowest BCUT2D eigenvalue weighted by Crippen LogP contribution is -2.30. The van der Waals surface area contributed by atoms with Gasteiger partial charge in [-0.25, -0.2) is 4.98 Å². The van der Waals surface area contributed by atoms with Crippen LogP contribution in [-0.2, 0) is 11.2 Å². The largest absolute Gasteiger partial charge is 0.493 e. The molecule has 3 rings (SSSR count). The highest BCUT2D eigenvalue weighted by Gasteiger charge is 2.07. The third-order valence-electron chi connectivity index (χ3n) is 3.72. The second kappa shape index (κ2) is 7.70. The first-order valence-electron chi connectivity index (χ1n) is 8.04. The van der Waals surface area contributed by atoms with E-state index in [4.69, 9.17) is 13.9 Å². The number of hydrogen-bond donors (Lipinski definition) is 1. The summed E-state index contributed by atoms with van der Waals surface area (Å²) >= 11 is 0. The van der Waals surface area contributed by atoms with Crippen molar-refractivity contribution in [1.82, 2.24) is 10.3 Å². The van der Waals surface area contributed by atoms with Gasteiger partial charge in [0.05, 0.1) is 7.11 Å². The summed E-state index contributed by atoms with van der Waals surface area (Å²) in [6, 6.07) is 13.1. The Balaban J connectivity index is 1.47. The molecule has 130 valence electrons. The molecule has 0 aliphatic carbocycles. The lowest BCUT2D eigenvalue weighted by molar-refractivity contribution is -0.123. The van der Waals surface area contributed by atoms with E-state index in [-0.39, 0.29) is 12.5 Å². The van der Waals surface area contributed by atoms with E-state index < -0.39 is 0 Å². The van der Waals surface area contributed by atoms with E-state index in [1.807, 2.05) is 37.3 Å². The molecule has 1 aromatic heterocycles. The number of aryl methyl sites for hydroxylation is 1. The molecule has 0 atom stereocenters. The van der Waals surface area contributed by atoms with E-state index in [1.165, 1.54) is 0 Å². The van der Waals surface area contributed by atoms with Gasteiger partial charge >= 0.3 is 0 Å². The third kappa shape index (κ3) is 4.29. The summed E-state index contributed by atoms with van der Waals surface area (Å²) in [4.78, 5) is 16.2. The molecule has 1 N–H and O–H groups in total. The van der Waals surface area contributed by atoms with Crippen LogP contribution in [0.2, 0.25) is 0 Å². The molecule has 0 unspecified atom stereocenters. The summed E-state index contributed by atoms with van der Waals surface area (Å²) in [7, 11) is 1.56. The fourth-order valence-electron chi connectivity index (χ4n) is 2.52. The average Bonchev–Trinajstić information content (AvgIpc) is 2.99. The molecule has 0 aliphatic rings. The van der Waals surface area contributed by atoms with Crippen molar-refractivity contribution in [3.8, 4) is 11.5 Å². The topological polar surface area (TPSA) is 73.6 Å². The van der Waals surface area contributed by atoms with Crippen LogP contribution in [0.15, 0.2) is 46.9 Å². The predicted molar refractivity (Wildman–Crippen MR) is 93.9 cm³/mol. The fourth-order valence-corrected chi connectivity index (χ4v) is 2.52. The smallest absolute Gasteiger partial charge is 0.257 e. The molecule has 1 heterocycles. The number of aromatic nitrogens is 1. The minimum atomic E-state index is -0.178. The first-order valence-corrected chi connectivity index (χ1v) is 8.04. The van der Waals surface area contributed by atoms with Crippen LogP contribution in [0.25, 0.3) is 11.1 Å². The monoisotopic (exact) mass is 340 g/mol. The first-order chi connectivity index (χ1) is 12.2. The van der Waals surface area contributed by atoms with Crippen LogP contribution in [0.4, 0.5) is 0 Å². The number of benzene rings is 2. The highest BCUT2D eigenvalue weighted by molar-refractivity contribution is 5.77. The van der Waals surface area contributed by atoms with Crippen LogP contribution in [0.5, 0.6) is 11.5 Å². The predicted octanol–water partition coefficient (Wildman–Crippen LogP) is 2.88. The number of amides is 1. The third-order valence-corrected chi connectivity index (χ3v) is 3.72. The molecular formula is C19H20N2O4. The first kappa shape index (κ1) is 16.8. The number of hydrogen-bond acceptors (Lipinski definition) is 5. The Morgan fingerprint density at radius 2 is 2.00 bits per heavy atom. The van der Waals surface area contributed by atoms with E-state index in [2.05, 4.69) is 10.3 Å². The molecule has 25 heavy (non-hydrogen) atoms. The highest BCUT2D eigenvalue weighted by Crippen LogP contribution is 2.25. The Kier molecular flexibility index (Phi) is 5.18. The normalized spacial score (nSPS) is 10.6. The molecular weight excluding hydrogens is 320 g/mol. The van der Waals surface area contributed by atoms with Crippen LogP contribution in [-0.4, -0.2) is 31.2 Å². The molecule has 2 aromatic carbocycles. The van der Waals surface area contributed by atoms with E-state index in [1.54, 1.807) is 19.2 Å². The number of carbonyl (C=O) groups is 1. The Hall–Kier alpha value is -3.02. The van der Waals surface area contributed by atoms with Crippen molar-refractivity contribution in [2.45, 2.75) is 13.3 Å². The van der Waals surface area contributed by atoms with Crippen molar-refractivity contribution in [3.05, 3.63) is 53.9 Å². The molecule has 0 saturated carbocycles. The summed E-state index contributed by atoms with van der Waals surface area (Å²) in [6.45, 7) is 2.29. The van der Waals surface area contributed by atoms with Gasteiger partial charge in [0.1, 0.15) is 5.52 Å². The second-order valence-electron chi connectivity index (χ2n) is 5.57. The van der Waals surface area contributed by atoms with Crippen molar-refractivity contribution in [3.63, 3.8) is 0 Å².